The van der Waals surface area contributed by atoms with Crippen molar-refractivity contribution >= 4 is 10.0 Å². The molecule has 0 aromatic heterocycles. The summed E-state index contributed by atoms with van der Waals surface area (Å²) in [7, 11) is -3.55. The fraction of sp³-hybridized carbons (Fsp3) is 0.462. The van der Waals surface area contributed by atoms with E-state index in [0.29, 0.717) is 25.1 Å². The normalized spacial score (nSPS) is 11.5. The molecule has 1 rings (SSSR count). The minimum Gasteiger partial charge on any atom is -0.379 e. The fourth-order valence-electron chi connectivity index (χ4n) is 1.41. The average Bonchev–Trinajstić information content (AvgIpc) is 2.38. The first-order valence-corrected chi connectivity index (χ1v) is 7.55. The molecule has 0 spiro atoms. The molecule has 0 saturated carbocycles. The molecular formula is C13H18N2O3S. The second-order valence-corrected chi connectivity index (χ2v) is 6.08. The first kappa shape index (κ1) is 15.6. The Morgan fingerprint density at radius 2 is 2.16 bits per heavy atom. The molecule has 0 aliphatic carbocycles. The van der Waals surface area contributed by atoms with Crippen LogP contribution in [0.5, 0.6) is 0 Å². The lowest BCUT2D eigenvalue weighted by atomic mass is 10.2. The molecule has 1 N–H and O–H groups in total. The molecule has 1 aromatic carbocycles. The molecule has 0 saturated heterocycles. The number of hydrogen-bond donors (Lipinski definition) is 1. The summed E-state index contributed by atoms with van der Waals surface area (Å²) in [5.41, 5.74) is 0.325. The zero-order chi connectivity index (χ0) is 14.3. The van der Waals surface area contributed by atoms with Crippen LogP contribution in [0.1, 0.15) is 25.8 Å². The number of ether oxygens (including phenoxy) is 1. The SMILES string of the molecule is CC(C)OCCCNS(=O)(=O)c1cccc(C#N)c1. The van der Waals surface area contributed by atoms with Crippen molar-refractivity contribution in [1.29, 1.82) is 5.26 Å². The summed E-state index contributed by atoms with van der Waals surface area (Å²) >= 11 is 0. The van der Waals surface area contributed by atoms with Crippen molar-refractivity contribution in [2.75, 3.05) is 13.2 Å². The van der Waals surface area contributed by atoms with Gasteiger partial charge in [-0.1, -0.05) is 6.07 Å². The highest BCUT2D eigenvalue weighted by atomic mass is 32.2. The van der Waals surface area contributed by atoms with Crippen LogP contribution in [0.15, 0.2) is 29.2 Å². The Morgan fingerprint density at radius 1 is 1.42 bits per heavy atom. The van der Waals surface area contributed by atoms with Gasteiger partial charge in [-0.05, 0) is 38.5 Å². The van der Waals surface area contributed by atoms with E-state index in [-0.39, 0.29) is 11.0 Å². The van der Waals surface area contributed by atoms with Gasteiger partial charge in [-0.3, -0.25) is 0 Å². The number of hydrogen-bond acceptors (Lipinski definition) is 4. The van der Waals surface area contributed by atoms with Crippen LogP contribution >= 0.6 is 0 Å². The van der Waals surface area contributed by atoms with E-state index in [1.54, 1.807) is 12.1 Å². The predicted octanol–water partition coefficient (Wildman–Crippen LogP) is 1.65. The van der Waals surface area contributed by atoms with E-state index in [2.05, 4.69) is 4.72 Å². The van der Waals surface area contributed by atoms with Gasteiger partial charge in [0.05, 0.1) is 22.6 Å². The van der Waals surface area contributed by atoms with Crippen molar-refractivity contribution in [3.05, 3.63) is 29.8 Å². The van der Waals surface area contributed by atoms with E-state index in [0.717, 1.165) is 0 Å². The Hall–Kier alpha value is -1.42. The third-order valence-electron chi connectivity index (χ3n) is 2.34. The van der Waals surface area contributed by atoms with Crippen molar-refractivity contribution in [2.45, 2.75) is 31.3 Å². The molecule has 5 nitrogen and oxygen atoms in total. The van der Waals surface area contributed by atoms with Gasteiger partial charge in [0.25, 0.3) is 0 Å². The molecule has 0 aliphatic rings. The van der Waals surface area contributed by atoms with Crippen LogP contribution in [-0.4, -0.2) is 27.7 Å². The maximum Gasteiger partial charge on any atom is 0.240 e. The zero-order valence-corrected chi connectivity index (χ0v) is 11.9. The molecule has 0 aliphatic heterocycles. The summed E-state index contributed by atoms with van der Waals surface area (Å²) < 4.78 is 31.7. The van der Waals surface area contributed by atoms with Gasteiger partial charge in [0.2, 0.25) is 10.0 Å². The summed E-state index contributed by atoms with van der Waals surface area (Å²) in [5, 5.41) is 8.74. The molecule has 0 radical (unpaired) electrons. The fourth-order valence-corrected chi connectivity index (χ4v) is 2.53. The molecule has 104 valence electrons. The van der Waals surface area contributed by atoms with Crippen LogP contribution < -0.4 is 4.72 Å². The minimum absolute atomic E-state index is 0.108. The third-order valence-corrected chi connectivity index (χ3v) is 3.80. The minimum atomic E-state index is -3.55. The van der Waals surface area contributed by atoms with Gasteiger partial charge < -0.3 is 4.74 Å². The Morgan fingerprint density at radius 3 is 2.79 bits per heavy atom. The van der Waals surface area contributed by atoms with E-state index in [1.165, 1.54) is 12.1 Å². The summed E-state index contributed by atoms with van der Waals surface area (Å²) in [4.78, 5) is 0.108. The summed E-state index contributed by atoms with van der Waals surface area (Å²) in [6, 6.07) is 7.85. The van der Waals surface area contributed by atoms with Crippen molar-refractivity contribution in [3.63, 3.8) is 0 Å². The number of nitrogens with zero attached hydrogens (tertiary/aromatic N) is 1. The highest BCUT2D eigenvalue weighted by molar-refractivity contribution is 7.89. The lowest BCUT2D eigenvalue weighted by Gasteiger charge is -2.09. The summed E-state index contributed by atoms with van der Waals surface area (Å²) in [6.45, 7) is 4.68. The molecule has 0 unspecified atom stereocenters. The quantitative estimate of drug-likeness (QED) is 0.771. The smallest absolute Gasteiger partial charge is 0.240 e. The van der Waals surface area contributed by atoms with Crippen LogP contribution in [0.4, 0.5) is 0 Å². The van der Waals surface area contributed by atoms with Crippen LogP contribution in [-0.2, 0) is 14.8 Å². The van der Waals surface area contributed by atoms with E-state index in [9.17, 15) is 8.42 Å². The molecule has 1 aromatic rings. The van der Waals surface area contributed by atoms with Crippen LogP contribution in [0.2, 0.25) is 0 Å². The monoisotopic (exact) mass is 282 g/mol. The highest BCUT2D eigenvalue weighted by Crippen LogP contribution is 2.10. The second-order valence-electron chi connectivity index (χ2n) is 4.31. The van der Waals surface area contributed by atoms with E-state index in [4.69, 9.17) is 10.00 Å². The van der Waals surface area contributed by atoms with E-state index in [1.807, 2.05) is 19.9 Å². The summed E-state index contributed by atoms with van der Waals surface area (Å²) in [6.07, 6.45) is 0.749. The van der Waals surface area contributed by atoms with Gasteiger partial charge in [0, 0.05) is 13.2 Å². The Kier molecular flexibility index (Phi) is 5.96. The topological polar surface area (TPSA) is 79.2 Å². The van der Waals surface area contributed by atoms with Gasteiger partial charge in [-0.2, -0.15) is 5.26 Å². The Balaban J connectivity index is 2.54. The lowest BCUT2D eigenvalue weighted by molar-refractivity contribution is 0.0778. The molecule has 19 heavy (non-hydrogen) atoms. The van der Waals surface area contributed by atoms with Crippen molar-refractivity contribution in [2.24, 2.45) is 0 Å². The van der Waals surface area contributed by atoms with Crippen molar-refractivity contribution in [3.8, 4) is 6.07 Å². The van der Waals surface area contributed by atoms with Gasteiger partial charge in [0.15, 0.2) is 0 Å². The molecule has 0 amide bonds. The van der Waals surface area contributed by atoms with Crippen LogP contribution in [0.3, 0.4) is 0 Å². The first-order chi connectivity index (χ1) is 8.95. The Bertz CT molecular complexity index is 547. The highest BCUT2D eigenvalue weighted by Gasteiger charge is 2.13. The van der Waals surface area contributed by atoms with E-state index < -0.39 is 10.0 Å². The van der Waals surface area contributed by atoms with Gasteiger partial charge in [-0.15, -0.1) is 0 Å². The third kappa shape index (κ3) is 5.39. The Labute approximate surface area is 114 Å². The van der Waals surface area contributed by atoms with Crippen molar-refractivity contribution < 1.29 is 13.2 Å². The number of nitriles is 1. The molecule has 6 heteroatoms. The van der Waals surface area contributed by atoms with Gasteiger partial charge >= 0.3 is 0 Å². The number of sulfonamides is 1. The van der Waals surface area contributed by atoms with Crippen LogP contribution in [0.25, 0.3) is 0 Å². The van der Waals surface area contributed by atoms with Gasteiger partial charge in [0.1, 0.15) is 0 Å². The molecule has 0 bridgehead atoms. The summed E-state index contributed by atoms with van der Waals surface area (Å²) in [5.74, 6) is 0. The maximum absolute atomic E-state index is 11.9. The lowest BCUT2D eigenvalue weighted by Crippen LogP contribution is -2.25. The number of rotatable bonds is 7. The van der Waals surface area contributed by atoms with Crippen LogP contribution in [0, 0.1) is 11.3 Å². The number of benzene rings is 1. The molecular weight excluding hydrogens is 264 g/mol. The molecule has 0 heterocycles. The first-order valence-electron chi connectivity index (χ1n) is 6.07. The molecule has 0 atom stereocenters. The maximum atomic E-state index is 11.9. The largest absolute Gasteiger partial charge is 0.379 e. The van der Waals surface area contributed by atoms with Crippen molar-refractivity contribution in [1.82, 2.24) is 4.72 Å². The van der Waals surface area contributed by atoms with Gasteiger partial charge in [-0.25, -0.2) is 13.1 Å². The number of nitrogens with one attached hydrogen (secondary N) is 1. The zero-order valence-electron chi connectivity index (χ0n) is 11.1. The standard InChI is InChI=1S/C13H18N2O3S/c1-11(2)18-8-4-7-15-19(16,17)13-6-3-5-12(9-13)10-14/h3,5-6,9,11,15H,4,7-8H2,1-2H3. The van der Waals surface area contributed by atoms with E-state index >= 15 is 0 Å². The predicted molar refractivity (Wildman–Crippen MR) is 72.1 cm³/mol. The molecule has 0 fully saturated rings. The second kappa shape index (κ2) is 7.24. The average molecular weight is 282 g/mol.